The van der Waals surface area contributed by atoms with Gasteiger partial charge in [-0.25, -0.2) is 0 Å². The van der Waals surface area contributed by atoms with Crippen LogP contribution in [-0.2, 0) is 5.60 Å². The quantitative estimate of drug-likeness (QED) is 0.331. The van der Waals surface area contributed by atoms with Gasteiger partial charge in [-0.2, -0.15) is 0 Å². The molecule has 142 valence electrons. The molecular formula is C28H24O. The molecule has 29 heavy (non-hydrogen) atoms. The van der Waals surface area contributed by atoms with Crippen molar-refractivity contribution in [3.05, 3.63) is 138 Å². The minimum absolute atomic E-state index is 0.623. The Labute approximate surface area is 172 Å². The molecule has 0 spiro atoms. The van der Waals surface area contributed by atoms with Crippen molar-refractivity contribution in [1.29, 1.82) is 0 Å². The van der Waals surface area contributed by atoms with Gasteiger partial charge in [-0.15, -0.1) is 0 Å². The van der Waals surface area contributed by atoms with Crippen LogP contribution in [0.1, 0.15) is 41.0 Å². The summed E-state index contributed by atoms with van der Waals surface area (Å²) < 4.78 is 6.98. The Kier molecular flexibility index (Phi) is 4.65. The van der Waals surface area contributed by atoms with E-state index in [0.717, 1.165) is 16.9 Å². The van der Waals surface area contributed by atoms with Crippen LogP contribution in [0.3, 0.4) is 0 Å². The summed E-state index contributed by atoms with van der Waals surface area (Å²) in [5.74, 6) is 1.49. The Bertz CT molecular complexity index is 1030. The molecule has 5 rings (SSSR count). The summed E-state index contributed by atoms with van der Waals surface area (Å²) in [4.78, 5) is 0. The zero-order valence-corrected chi connectivity index (χ0v) is 16.4. The SMILES string of the molecule is c1ccc(OC(c2ccccc2)(c2ccccc2)c2ccccc2C2CC2)cc1. The van der Waals surface area contributed by atoms with Crippen LogP contribution in [0, 0.1) is 0 Å². The Morgan fingerprint density at radius 1 is 0.552 bits per heavy atom. The van der Waals surface area contributed by atoms with E-state index in [1.807, 2.05) is 30.3 Å². The third-order valence-electron chi connectivity index (χ3n) is 5.73. The molecule has 0 radical (unpaired) electrons. The second-order valence-electron chi connectivity index (χ2n) is 7.69. The number of hydrogen-bond donors (Lipinski definition) is 0. The lowest BCUT2D eigenvalue weighted by Crippen LogP contribution is -2.37. The van der Waals surface area contributed by atoms with E-state index < -0.39 is 5.60 Å². The standard InChI is InChI=1S/C28H24O/c1-4-12-23(13-5-1)28(24-14-6-2-7-15-24,29-25-16-8-3-9-17-25)27-19-11-10-18-26(27)22-20-21-22/h1-19,22H,20-21H2. The highest BCUT2D eigenvalue weighted by Gasteiger charge is 2.42. The third-order valence-corrected chi connectivity index (χ3v) is 5.73. The number of hydrogen-bond acceptors (Lipinski definition) is 1. The fraction of sp³-hybridized carbons (Fsp3) is 0.143. The largest absolute Gasteiger partial charge is 0.473 e. The first kappa shape index (κ1) is 17.8. The van der Waals surface area contributed by atoms with Crippen LogP contribution in [0.5, 0.6) is 5.75 Å². The molecular weight excluding hydrogens is 352 g/mol. The molecule has 1 nitrogen and oxygen atoms in total. The smallest absolute Gasteiger partial charge is 0.184 e. The molecule has 0 amide bonds. The fourth-order valence-electron chi connectivity index (χ4n) is 4.23. The molecule has 0 unspecified atom stereocenters. The van der Waals surface area contributed by atoms with Crippen molar-refractivity contribution in [3.63, 3.8) is 0 Å². The van der Waals surface area contributed by atoms with Crippen LogP contribution in [-0.4, -0.2) is 0 Å². The number of benzene rings is 4. The zero-order chi connectivity index (χ0) is 19.5. The summed E-state index contributed by atoms with van der Waals surface area (Å²) in [6, 6.07) is 40.2. The van der Waals surface area contributed by atoms with E-state index in [1.54, 1.807) is 0 Å². The van der Waals surface area contributed by atoms with Crippen LogP contribution in [0.15, 0.2) is 115 Å². The van der Waals surface area contributed by atoms with E-state index in [0.29, 0.717) is 5.92 Å². The van der Waals surface area contributed by atoms with Crippen molar-refractivity contribution in [2.75, 3.05) is 0 Å². The van der Waals surface area contributed by atoms with Crippen LogP contribution in [0.4, 0.5) is 0 Å². The van der Waals surface area contributed by atoms with E-state index in [9.17, 15) is 0 Å². The monoisotopic (exact) mass is 376 g/mol. The molecule has 1 saturated carbocycles. The van der Waals surface area contributed by atoms with Crippen molar-refractivity contribution in [1.82, 2.24) is 0 Å². The van der Waals surface area contributed by atoms with Crippen LogP contribution in [0.25, 0.3) is 0 Å². The summed E-state index contributed by atoms with van der Waals surface area (Å²) in [7, 11) is 0. The van der Waals surface area contributed by atoms with E-state index in [1.165, 1.54) is 24.0 Å². The first-order chi connectivity index (χ1) is 14.4. The van der Waals surface area contributed by atoms with Gasteiger partial charge in [-0.05, 0) is 36.5 Å². The van der Waals surface area contributed by atoms with Gasteiger partial charge in [0.05, 0.1) is 0 Å². The Hall–Kier alpha value is -3.32. The minimum atomic E-state index is -0.705. The predicted octanol–water partition coefficient (Wildman–Crippen LogP) is 6.93. The lowest BCUT2D eigenvalue weighted by Gasteiger charge is -2.37. The molecule has 1 heteroatoms. The van der Waals surface area contributed by atoms with Gasteiger partial charge >= 0.3 is 0 Å². The lowest BCUT2D eigenvalue weighted by atomic mass is 9.77. The fourth-order valence-corrected chi connectivity index (χ4v) is 4.23. The molecule has 1 fully saturated rings. The molecule has 4 aromatic rings. The van der Waals surface area contributed by atoms with Gasteiger partial charge in [0.2, 0.25) is 0 Å². The van der Waals surface area contributed by atoms with E-state index in [2.05, 4.69) is 84.9 Å². The molecule has 1 aliphatic rings. The van der Waals surface area contributed by atoms with E-state index in [-0.39, 0.29) is 0 Å². The maximum Gasteiger partial charge on any atom is 0.184 e. The maximum absolute atomic E-state index is 6.98. The van der Waals surface area contributed by atoms with E-state index >= 15 is 0 Å². The molecule has 0 aliphatic heterocycles. The summed E-state index contributed by atoms with van der Waals surface area (Å²) in [5, 5.41) is 0. The van der Waals surface area contributed by atoms with Gasteiger partial charge in [0.1, 0.15) is 5.75 Å². The Morgan fingerprint density at radius 3 is 1.59 bits per heavy atom. The minimum Gasteiger partial charge on any atom is -0.473 e. The zero-order valence-electron chi connectivity index (χ0n) is 16.4. The van der Waals surface area contributed by atoms with Crippen LogP contribution >= 0.6 is 0 Å². The third kappa shape index (κ3) is 3.34. The van der Waals surface area contributed by atoms with Crippen molar-refractivity contribution < 1.29 is 4.74 Å². The van der Waals surface area contributed by atoms with Crippen molar-refractivity contribution in [2.24, 2.45) is 0 Å². The van der Waals surface area contributed by atoms with Gasteiger partial charge in [0, 0.05) is 16.7 Å². The topological polar surface area (TPSA) is 9.23 Å². The van der Waals surface area contributed by atoms with Crippen LogP contribution in [0.2, 0.25) is 0 Å². The lowest BCUT2D eigenvalue weighted by molar-refractivity contribution is 0.154. The average Bonchev–Trinajstić information content (AvgIpc) is 3.65. The summed E-state index contributed by atoms with van der Waals surface area (Å²) in [5.41, 5.74) is 4.22. The van der Waals surface area contributed by atoms with Crippen LogP contribution < -0.4 is 4.74 Å². The second-order valence-corrected chi connectivity index (χ2v) is 7.69. The van der Waals surface area contributed by atoms with E-state index in [4.69, 9.17) is 4.74 Å². The average molecular weight is 376 g/mol. The molecule has 0 heterocycles. The Balaban J connectivity index is 1.82. The second kappa shape index (κ2) is 7.60. The first-order valence-corrected chi connectivity index (χ1v) is 10.3. The molecule has 0 bridgehead atoms. The number of rotatable bonds is 6. The van der Waals surface area contributed by atoms with Crippen molar-refractivity contribution in [2.45, 2.75) is 24.4 Å². The number of para-hydroxylation sites is 1. The van der Waals surface area contributed by atoms with Crippen molar-refractivity contribution >= 4 is 0 Å². The van der Waals surface area contributed by atoms with Gasteiger partial charge in [0.25, 0.3) is 0 Å². The van der Waals surface area contributed by atoms with Gasteiger partial charge in [-0.3, -0.25) is 0 Å². The predicted molar refractivity (Wildman–Crippen MR) is 118 cm³/mol. The molecule has 1 aliphatic carbocycles. The highest BCUT2D eigenvalue weighted by atomic mass is 16.5. The summed E-state index contributed by atoms with van der Waals surface area (Å²) in [6.45, 7) is 0. The highest BCUT2D eigenvalue weighted by Crippen LogP contribution is 2.49. The summed E-state index contributed by atoms with van der Waals surface area (Å²) in [6.07, 6.45) is 2.50. The van der Waals surface area contributed by atoms with Gasteiger partial charge in [0.15, 0.2) is 5.60 Å². The van der Waals surface area contributed by atoms with Gasteiger partial charge in [-0.1, -0.05) is 103 Å². The molecule has 0 saturated heterocycles. The van der Waals surface area contributed by atoms with Gasteiger partial charge < -0.3 is 4.74 Å². The molecule has 0 N–H and O–H groups in total. The molecule has 4 aromatic carbocycles. The molecule has 0 atom stereocenters. The maximum atomic E-state index is 6.98. The Morgan fingerprint density at radius 2 is 1.03 bits per heavy atom. The summed E-state index contributed by atoms with van der Waals surface area (Å²) >= 11 is 0. The highest BCUT2D eigenvalue weighted by molar-refractivity contribution is 5.53. The first-order valence-electron chi connectivity index (χ1n) is 10.3. The van der Waals surface area contributed by atoms with Crippen molar-refractivity contribution in [3.8, 4) is 5.75 Å². The molecule has 0 aromatic heterocycles. The number of ether oxygens (including phenoxy) is 1. The normalized spacial score (nSPS) is 13.8.